The molecule has 2 aromatic rings. The molecular weight excluding hydrogens is 388 g/mol. The Morgan fingerprint density at radius 3 is 2.59 bits per heavy atom. The Kier molecular flexibility index (Phi) is 5.98. The average Bonchev–Trinajstić information content (AvgIpc) is 3.39. The van der Waals surface area contributed by atoms with Crippen molar-refractivity contribution >= 4 is 35.4 Å². The molecule has 0 aromatic heterocycles. The van der Waals surface area contributed by atoms with Crippen LogP contribution in [-0.2, 0) is 21.4 Å². The predicted octanol–water partition coefficient (Wildman–Crippen LogP) is 4.50. The van der Waals surface area contributed by atoms with E-state index in [9.17, 15) is 14.0 Å². The molecule has 0 spiro atoms. The fourth-order valence-electron chi connectivity index (χ4n) is 3.33. The number of hydrogen-bond acceptors (Lipinski definition) is 2. The molecule has 1 aliphatic carbocycles. The summed E-state index contributed by atoms with van der Waals surface area (Å²) in [7, 11) is 0. The number of amides is 1. The summed E-state index contributed by atoms with van der Waals surface area (Å²) < 4.78 is 13.0. The molecule has 0 aliphatic heterocycles. The lowest BCUT2D eigenvalue weighted by atomic mass is 9.91. The van der Waals surface area contributed by atoms with Crippen molar-refractivity contribution in [2.24, 2.45) is 5.92 Å². The quantitative estimate of drug-likeness (QED) is 0.544. The van der Waals surface area contributed by atoms with E-state index < -0.39 is 5.41 Å². The van der Waals surface area contributed by atoms with Gasteiger partial charge in [0.05, 0.1) is 15.5 Å². The second-order valence-corrected chi connectivity index (χ2v) is 7.38. The monoisotopic (exact) mass is 405 g/mol. The molecule has 27 heavy (non-hydrogen) atoms. The van der Waals surface area contributed by atoms with E-state index >= 15 is 0 Å². The molecule has 0 heterocycles. The molecule has 1 fully saturated rings. The number of hydrogen-bond donors (Lipinski definition) is 1. The molecule has 2 aromatic carbocycles. The minimum absolute atomic E-state index is 0.0780. The van der Waals surface area contributed by atoms with E-state index in [4.69, 9.17) is 23.2 Å². The van der Waals surface area contributed by atoms with Crippen molar-refractivity contribution < 1.29 is 14.0 Å². The van der Waals surface area contributed by atoms with Gasteiger partial charge in [0.1, 0.15) is 12.1 Å². The van der Waals surface area contributed by atoms with Gasteiger partial charge in [0.15, 0.2) is 0 Å². The lowest BCUT2D eigenvalue weighted by Crippen LogP contribution is -2.37. The van der Waals surface area contributed by atoms with Gasteiger partial charge >= 0.3 is 0 Å². The van der Waals surface area contributed by atoms with Gasteiger partial charge in [-0.2, -0.15) is 0 Å². The van der Waals surface area contributed by atoms with Crippen molar-refractivity contribution in [3.8, 4) is 0 Å². The maximum Gasteiger partial charge on any atom is 0.231 e. The van der Waals surface area contributed by atoms with E-state index in [2.05, 4.69) is 5.32 Å². The molecular formula is C21H18Cl2FNO2. The smallest absolute Gasteiger partial charge is 0.231 e. The third-order valence-electron chi connectivity index (χ3n) is 4.89. The van der Waals surface area contributed by atoms with Gasteiger partial charge in [0, 0.05) is 6.54 Å². The van der Waals surface area contributed by atoms with E-state index in [0.29, 0.717) is 35.7 Å². The van der Waals surface area contributed by atoms with Crippen LogP contribution in [0.2, 0.25) is 10.0 Å². The van der Waals surface area contributed by atoms with Gasteiger partial charge in [0.25, 0.3) is 0 Å². The largest absolute Gasteiger partial charge is 0.355 e. The van der Waals surface area contributed by atoms with Crippen LogP contribution < -0.4 is 5.32 Å². The number of benzene rings is 2. The van der Waals surface area contributed by atoms with Crippen LogP contribution in [-0.4, -0.2) is 18.7 Å². The first kappa shape index (κ1) is 19.6. The Labute approximate surface area is 167 Å². The van der Waals surface area contributed by atoms with Gasteiger partial charge in [-0.3, -0.25) is 9.59 Å². The summed E-state index contributed by atoms with van der Waals surface area (Å²) in [5, 5.41) is 3.77. The van der Waals surface area contributed by atoms with Crippen molar-refractivity contribution in [1.29, 1.82) is 0 Å². The zero-order valence-electron chi connectivity index (χ0n) is 14.4. The zero-order chi connectivity index (χ0) is 19.4. The number of halogens is 3. The number of allylic oxidation sites excluding steroid dienone is 2. The Morgan fingerprint density at radius 1 is 1.19 bits per heavy atom. The maximum absolute atomic E-state index is 13.0. The molecule has 3 nitrogen and oxygen atoms in total. The highest BCUT2D eigenvalue weighted by Gasteiger charge is 2.59. The molecule has 0 radical (unpaired) electrons. The third-order valence-corrected chi connectivity index (χ3v) is 5.63. The highest BCUT2D eigenvalue weighted by Crippen LogP contribution is 2.56. The summed E-state index contributed by atoms with van der Waals surface area (Å²) in [5.41, 5.74) is 0.960. The van der Waals surface area contributed by atoms with E-state index in [1.165, 1.54) is 18.2 Å². The van der Waals surface area contributed by atoms with Gasteiger partial charge in [-0.25, -0.2) is 4.39 Å². The fraction of sp³-hybridized carbons (Fsp3) is 0.238. The highest BCUT2D eigenvalue weighted by atomic mass is 35.5. The number of carbonyl (C=O) groups is 2. The number of aldehydes is 1. The summed E-state index contributed by atoms with van der Waals surface area (Å²) in [4.78, 5) is 23.6. The first-order chi connectivity index (χ1) is 13.0. The van der Waals surface area contributed by atoms with Gasteiger partial charge in [-0.1, -0.05) is 47.5 Å². The molecule has 140 valence electrons. The molecule has 1 amide bonds. The van der Waals surface area contributed by atoms with E-state index in [1.54, 1.807) is 36.4 Å². The van der Waals surface area contributed by atoms with Crippen LogP contribution in [0.1, 0.15) is 17.5 Å². The summed E-state index contributed by atoms with van der Waals surface area (Å²) in [6, 6.07) is 11.4. The van der Waals surface area contributed by atoms with Crippen LogP contribution in [0.5, 0.6) is 0 Å². The Balaban J connectivity index is 1.74. The summed E-state index contributed by atoms with van der Waals surface area (Å²) in [5.74, 6) is -0.488. The van der Waals surface area contributed by atoms with Crippen molar-refractivity contribution in [2.75, 3.05) is 6.54 Å². The molecule has 1 N–H and O–H groups in total. The lowest BCUT2D eigenvalue weighted by Gasteiger charge is -2.18. The normalized spacial score (nSPS) is 21.2. The molecule has 0 unspecified atom stereocenters. The molecule has 6 heteroatoms. The second-order valence-electron chi connectivity index (χ2n) is 6.56. The van der Waals surface area contributed by atoms with Crippen molar-refractivity contribution in [3.05, 3.63) is 81.6 Å². The van der Waals surface area contributed by atoms with Crippen molar-refractivity contribution in [2.45, 2.75) is 18.3 Å². The van der Waals surface area contributed by atoms with Crippen molar-refractivity contribution in [3.63, 3.8) is 0 Å². The standard InChI is InChI=1S/C21H18Cl2FNO2/c22-18-8-5-15(12-19(18)23)21(13-16(21)2-1-11-26)20(27)25-10-9-14-3-6-17(24)7-4-14/h1-8,11-12,16H,9-10,13H2,(H,25,27)/b2-1+/t16-,21+/m0/s1. The van der Waals surface area contributed by atoms with E-state index in [1.807, 2.05) is 0 Å². The first-order valence-electron chi connectivity index (χ1n) is 8.57. The fourth-order valence-corrected chi connectivity index (χ4v) is 3.62. The SMILES string of the molecule is O=C/C=C/[C@H]1C[C@@]1(C(=O)NCCc1ccc(F)cc1)c1ccc(Cl)c(Cl)c1. The number of rotatable bonds is 7. The Morgan fingerprint density at radius 2 is 1.93 bits per heavy atom. The maximum atomic E-state index is 13.0. The second kappa shape index (κ2) is 8.24. The molecule has 3 rings (SSSR count). The van der Waals surface area contributed by atoms with Crippen LogP contribution in [0.25, 0.3) is 0 Å². The average molecular weight is 406 g/mol. The number of carbonyl (C=O) groups excluding carboxylic acids is 2. The van der Waals surface area contributed by atoms with Gasteiger partial charge in [-0.05, 0) is 60.2 Å². The first-order valence-corrected chi connectivity index (χ1v) is 9.33. The Hall–Kier alpha value is -2.17. The predicted molar refractivity (Wildman–Crippen MR) is 105 cm³/mol. The third kappa shape index (κ3) is 4.23. The molecule has 2 atom stereocenters. The topological polar surface area (TPSA) is 46.2 Å². The van der Waals surface area contributed by atoms with Crippen LogP contribution in [0, 0.1) is 11.7 Å². The van der Waals surface area contributed by atoms with E-state index in [-0.39, 0.29) is 17.6 Å². The summed E-state index contributed by atoms with van der Waals surface area (Å²) in [6.45, 7) is 0.428. The lowest BCUT2D eigenvalue weighted by molar-refractivity contribution is -0.123. The highest BCUT2D eigenvalue weighted by molar-refractivity contribution is 6.42. The van der Waals surface area contributed by atoms with Gasteiger partial charge in [0.2, 0.25) is 5.91 Å². The minimum atomic E-state index is -0.753. The zero-order valence-corrected chi connectivity index (χ0v) is 15.9. The van der Waals surface area contributed by atoms with E-state index in [0.717, 1.165) is 11.1 Å². The van der Waals surface area contributed by atoms with Crippen LogP contribution in [0.15, 0.2) is 54.6 Å². The Bertz CT molecular complexity index is 882. The van der Waals surface area contributed by atoms with Crippen molar-refractivity contribution in [1.82, 2.24) is 5.32 Å². The van der Waals surface area contributed by atoms with Crippen LogP contribution >= 0.6 is 23.2 Å². The molecule has 0 saturated heterocycles. The van der Waals surface area contributed by atoms with Crippen LogP contribution in [0.4, 0.5) is 4.39 Å². The minimum Gasteiger partial charge on any atom is -0.355 e. The van der Waals surface area contributed by atoms with Crippen LogP contribution in [0.3, 0.4) is 0 Å². The van der Waals surface area contributed by atoms with Gasteiger partial charge < -0.3 is 5.32 Å². The summed E-state index contributed by atoms with van der Waals surface area (Å²) in [6.07, 6.45) is 5.05. The molecule has 1 saturated carbocycles. The van der Waals surface area contributed by atoms with Gasteiger partial charge in [-0.15, -0.1) is 0 Å². The molecule has 0 bridgehead atoms. The summed E-state index contributed by atoms with van der Waals surface area (Å²) >= 11 is 12.1. The number of nitrogens with one attached hydrogen (secondary N) is 1. The molecule has 1 aliphatic rings.